The van der Waals surface area contributed by atoms with Crippen molar-refractivity contribution in [2.24, 2.45) is 0 Å². The number of ether oxygens (including phenoxy) is 1. The summed E-state index contributed by atoms with van der Waals surface area (Å²) in [4.78, 5) is 13.3. The number of halogens is 1. The van der Waals surface area contributed by atoms with Crippen molar-refractivity contribution < 1.29 is 4.74 Å². The van der Waals surface area contributed by atoms with E-state index in [1.807, 2.05) is 5.38 Å². The number of rotatable bonds is 3. The zero-order valence-corrected chi connectivity index (χ0v) is 13.4. The van der Waals surface area contributed by atoms with E-state index in [0.717, 1.165) is 21.6 Å². The Balaban J connectivity index is 2.07. The Labute approximate surface area is 131 Å². The van der Waals surface area contributed by atoms with E-state index < -0.39 is 0 Å². The lowest BCUT2D eigenvalue weighted by Gasteiger charge is -2.05. The molecule has 0 aliphatic heterocycles. The lowest BCUT2D eigenvalue weighted by Crippen LogP contribution is -1.93. The first-order valence-electron chi connectivity index (χ1n) is 6.47. The molecule has 1 radical (unpaired) electrons. The van der Waals surface area contributed by atoms with Gasteiger partial charge in [0.25, 0.3) is 0 Å². The van der Waals surface area contributed by atoms with Crippen molar-refractivity contribution >= 4 is 33.8 Å². The van der Waals surface area contributed by atoms with Crippen LogP contribution in [0.3, 0.4) is 0 Å². The average molecular weight is 319 g/mol. The minimum atomic E-state index is 0.387. The van der Waals surface area contributed by atoms with Crippen LogP contribution >= 0.6 is 22.9 Å². The molecular formula is C15H13ClN3OS. The monoisotopic (exact) mass is 318 g/mol. The topological polar surface area (TPSA) is 47.9 Å². The summed E-state index contributed by atoms with van der Waals surface area (Å²) in [5.41, 5.74) is 1.78. The van der Waals surface area contributed by atoms with Crippen molar-refractivity contribution in [2.45, 2.75) is 19.8 Å². The van der Waals surface area contributed by atoms with Crippen molar-refractivity contribution in [2.75, 3.05) is 7.11 Å². The zero-order chi connectivity index (χ0) is 15.0. The molecule has 2 aromatic heterocycles. The van der Waals surface area contributed by atoms with Crippen molar-refractivity contribution in [3.8, 4) is 16.6 Å². The van der Waals surface area contributed by atoms with Gasteiger partial charge in [-0.2, -0.15) is 0 Å². The molecule has 0 aliphatic carbocycles. The zero-order valence-electron chi connectivity index (χ0n) is 11.8. The van der Waals surface area contributed by atoms with Crippen LogP contribution in [0, 0.1) is 6.20 Å². The summed E-state index contributed by atoms with van der Waals surface area (Å²) in [5.74, 6) is 1.55. The minimum Gasteiger partial charge on any atom is -0.495 e. The fourth-order valence-corrected chi connectivity index (χ4v) is 3.03. The molecular weight excluding hydrogens is 306 g/mol. The lowest BCUT2D eigenvalue weighted by atomic mass is 10.2. The third kappa shape index (κ3) is 2.71. The maximum atomic E-state index is 6.14. The standard InChI is InChI=1S/C15H13ClN3OS/c1-8(2)12-7-21-15(19-12)14-17-6-9-4-13(20-3)10(16)5-11(9)18-14/h4-5,7-8H,1-3H3. The molecule has 0 N–H and O–H groups in total. The highest BCUT2D eigenvalue weighted by molar-refractivity contribution is 7.13. The molecule has 1 aromatic carbocycles. The predicted octanol–water partition coefficient (Wildman–Crippen LogP) is 4.34. The highest BCUT2D eigenvalue weighted by Crippen LogP contribution is 2.30. The van der Waals surface area contributed by atoms with Crippen LogP contribution < -0.4 is 4.74 Å². The predicted molar refractivity (Wildman–Crippen MR) is 85.1 cm³/mol. The molecule has 2 heterocycles. The van der Waals surface area contributed by atoms with E-state index in [4.69, 9.17) is 16.3 Å². The number of methoxy groups -OCH3 is 1. The molecule has 0 spiro atoms. The summed E-state index contributed by atoms with van der Waals surface area (Å²) in [6, 6.07) is 3.54. The number of thiazole rings is 1. The number of hydrogen-bond acceptors (Lipinski definition) is 5. The molecule has 3 aromatic rings. The van der Waals surface area contributed by atoms with Crippen LogP contribution in [-0.4, -0.2) is 22.1 Å². The molecule has 0 amide bonds. The molecule has 6 heteroatoms. The third-order valence-electron chi connectivity index (χ3n) is 3.08. The van der Waals surface area contributed by atoms with Crippen LogP contribution in [0.4, 0.5) is 0 Å². The summed E-state index contributed by atoms with van der Waals surface area (Å²) >= 11 is 7.67. The van der Waals surface area contributed by atoms with Gasteiger partial charge in [-0.15, -0.1) is 11.3 Å². The molecule has 3 rings (SSSR count). The minimum absolute atomic E-state index is 0.387. The molecule has 4 nitrogen and oxygen atoms in total. The van der Waals surface area contributed by atoms with Crippen molar-refractivity contribution in [1.29, 1.82) is 0 Å². The Morgan fingerprint density at radius 2 is 2.10 bits per heavy atom. The highest BCUT2D eigenvalue weighted by Gasteiger charge is 2.12. The molecule has 0 saturated heterocycles. The van der Waals surface area contributed by atoms with E-state index in [9.17, 15) is 0 Å². The van der Waals surface area contributed by atoms with Gasteiger partial charge in [-0.25, -0.2) is 15.0 Å². The number of aromatic nitrogens is 3. The Morgan fingerprint density at radius 3 is 2.76 bits per heavy atom. The lowest BCUT2D eigenvalue weighted by molar-refractivity contribution is 0.415. The Morgan fingerprint density at radius 1 is 1.29 bits per heavy atom. The van der Waals surface area contributed by atoms with Crippen LogP contribution in [0.2, 0.25) is 5.02 Å². The number of hydrogen-bond donors (Lipinski definition) is 0. The SMILES string of the molecule is COc1cc2[c]nc(-c3nc(C(C)C)cs3)nc2cc1Cl. The molecule has 107 valence electrons. The van der Waals surface area contributed by atoms with Gasteiger partial charge in [-0.1, -0.05) is 25.4 Å². The Kier molecular flexibility index (Phi) is 3.78. The van der Waals surface area contributed by atoms with Gasteiger partial charge in [0.15, 0.2) is 10.8 Å². The molecule has 0 aliphatic rings. The molecule has 0 unspecified atom stereocenters. The van der Waals surface area contributed by atoms with Gasteiger partial charge in [0.05, 0.1) is 23.3 Å². The second-order valence-corrected chi connectivity index (χ2v) is 6.16. The maximum absolute atomic E-state index is 6.14. The van der Waals surface area contributed by atoms with Crippen molar-refractivity contribution in [3.05, 3.63) is 34.4 Å². The summed E-state index contributed by atoms with van der Waals surface area (Å²) < 4.78 is 5.18. The molecule has 0 atom stereocenters. The van der Waals surface area contributed by atoms with E-state index in [1.54, 1.807) is 19.2 Å². The Bertz CT molecular complexity index is 801. The first-order valence-corrected chi connectivity index (χ1v) is 7.73. The third-order valence-corrected chi connectivity index (χ3v) is 4.24. The fraction of sp³-hybridized carbons (Fsp3) is 0.267. The quantitative estimate of drug-likeness (QED) is 0.720. The summed E-state index contributed by atoms with van der Waals surface area (Å²) in [5, 5.41) is 4.11. The first kappa shape index (κ1) is 14.2. The van der Waals surface area contributed by atoms with Crippen molar-refractivity contribution in [1.82, 2.24) is 15.0 Å². The van der Waals surface area contributed by atoms with Gasteiger partial charge < -0.3 is 4.74 Å². The van der Waals surface area contributed by atoms with Crippen LogP contribution in [0.5, 0.6) is 5.75 Å². The smallest absolute Gasteiger partial charge is 0.189 e. The van der Waals surface area contributed by atoms with Gasteiger partial charge >= 0.3 is 0 Å². The highest BCUT2D eigenvalue weighted by atomic mass is 35.5. The van der Waals surface area contributed by atoms with E-state index in [-0.39, 0.29) is 0 Å². The van der Waals surface area contributed by atoms with Gasteiger partial charge in [-0.05, 0) is 18.1 Å². The second-order valence-electron chi connectivity index (χ2n) is 4.90. The normalized spacial score (nSPS) is 11.3. The van der Waals surface area contributed by atoms with Crippen LogP contribution in [-0.2, 0) is 0 Å². The largest absolute Gasteiger partial charge is 0.495 e. The molecule has 0 fully saturated rings. The van der Waals surface area contributed by atoms with Gasteiger partial charge in [0.1, 0.15) is 11.9 Å². The van der Waals surface area contributed by atoms with E-state index in [2.05, 4.69) is 35.0 Å². The molecule has 0 bridgehead atoms. The molecule has 21 heavy (non-hydrogen) atoms. The summed E-state index contributed by atoms with van der Waals surface area (Å²) in [6.07, 6.45) is 2.97. The van der Waals surface area contributed by atoms with E-state index >= 15 is 0 Å². The van der Waals surface area contributed by atoms with Gasteiger partial charge in [-0.3, -0.25) is 0 Å². The average Bonchev–Trinajstić information content (AvgIpc) is 2.96. The maximum Gasteiger partial charge on any atom is 0.189 e. The van der Waals surface area contributed by atoms with Crippen LogP contribution in [0.15, 0.2) is 17.5 Å². The van der Waals surface area contributed by atoms with E-state index in [0.29, 0.717) is 22.5 Å². The summed E-state index contributed by atoms with van der Waals surface area (Å²) in [6.45, 7) is 4.22. The van der Waals surface area contributed by atoms with E-state index in [1.165, 1.54) is 11.3 Å². The number of nitrogens with zero attached hydrogens (tertiary/aromatic N) is 3. The number of fused-ring (bicyclic) bond motifs is 1. The summed E-state index contributed by atoms with van der Waals surface area (Å²) in [7, 11) is 1.57. The van der Waals surface area contributed by atoms with Gasteiger partial charge in [0, 0.05) is 10.8 Å². The molecule has 0 saturated carbocycles. The van der Waals surface area contributed by atoms with Crippen molar-refractivity contribution in [3.63, 3.8) is 0 Å². The Hall–Kier alpha value is -1.72. The van der Waals surface area contributed by atoms with Crippen LogP contribution in [0.1, 0.15) is 25.5 Å². The number of benzene rings is 1. The second kappa shape index (κ2) is 5.58. The van der Waals surface area contributed by atoms with Crippen LogP contribution in [0.25, 0.3) is 21.7 Å². The fourth-order valence-electron chi connectivity index (χ4n) is 1.88. The van der Waals surface area contributed by atoms with Gasteiger partial charge in [0.2, 0.25) is 0 Å². The first-order chi connectivity index (χ1) is 10.1.